The van der Waals surface area contributed by atoms with Crippen molar-refractivity contribution >= 4 is 23.2 Å². The first-order chi connectivity index (χ1) is 12.7. The van der Waals surface area contributed by atoms with E-state index in [1.54, 1.807) is 18.2 Å². The Balaban J connectivity index is 1.84. The van der Waals surface area contributed by atoms with E-state index in [0.717, 1.165) is 0 Å². The van der Waals surface area contributed by atoms with Crippen LogP contribution in [0, 0.1) is 0 Å². The highest BCUT2D eigenvalue weighted by Crippen LogP contribution is 2.34. The number of amides is 2. The molecule has 2 aromatic carbocycles. The molecule has 2 aromatic rings. The summed E-state index contributed by atoms with van der Waals surface area (Å²) in [6, 6.07) is 13.8. The Morgan fingerprint density at radius 3 is 2.31 bits per heavy atom. The third kappa shape index (κ3) is 3.49. The van der Waals surface area contributed by atoms with Crippen molar-refractivity contribution in [3.63, 3.8) is 0 Å². The van der Waals surface area contributed by atoms with Crippen molar-refractivity contribution < 1.29 is 19.1 Å². The Labute approximate surface area is 152 Å². The number of para-hydroxylation sites is 4. The maximum Gasteiger partial charge on any atom is 0.256 e. The molecule has 1 N–H and O–H groups in total. The standard InChI is InChI=1S/C20H22N2O4/c1-3-25-17-11-7-5-9-14(17)21-15-13-19(23)22(20(15)24)16-10-6-8-12-18(16)26-4-2/h5-12,15,21H,3-4,13H2,1-2H3. The highest BCUT2D eigenvalue weighted by atomic mass is 16.5. The normalized spacial score (nSPS) is 16.7. The predicted octanol–water partition coefficient (Wildman–Crippen LogP) is 3.23. The van der Waals surface area contributed by atoms with Crippen molar-refractivity contribution in [1.82, 2.24) is 0 Å². The van der Waals surface area contributed by atoms with Crippen LogP contribution < -0.4 is 19.7 Å². The molecule has 6 nitrogen and oxygen atoms in total. The molecule has 1 heterocycles. The quantitative estimate of drug-likeness (QED) is 0.773. The lowest BCUT2D eigenvalue weighted by atomic mass is 10.2. The Kier molecular flexibility index (Phi) is 5.41. The lowest BCUT2D eigenvalue weighted by Gasteiger charge is -2.19. The average molecular weight is 354 g/mol. The van der Waals surface area contributed by atoms with Crippen LogP contribution in [0.4, 0.5) is 11.4 Å². The van der Waals surface area contributed by atoms with Gasteiger partial charge in [0.05, 0.1) is 31.0 Å². The van der Waals surface area contributed by atoms with Crippen LogP contribution in [0.5, 0.6) is 11.5 Å². The highest BCUT2D eigenvalue weighted by molar-refractivity contribution is 6.23. The number of carbonyl (C=O) groups is 2. The Morgan fingerprint density at radius 1 is 0.962 bits per heavy atom. The fraction of sp³-hybridized carbons (Fsp3) is 0.300. The van der Waals surface area contributed by atoms with Gasteiger partial charge >= 0.3 is 0 Å². The molecule has 1 atom stereocenters. The van der Waals surface area contributed by atoms with Crippen molar-refractivity contribution in [2.45, 2.75) is 26.3 Å². The van der Waals surface area contributed by atoms with Crippen LogP contribution >= 0.6 is 0 Å². The van der Waals surface area contributed by atoms with Gasteiger partial charge in [0.2, 0.25) is 5.91 Å². The first kappa shape index (κ1) is 17.8. The molecule has 1 fully saturated rings. The summed E-state index contributed by atoms with van der Waals surface area (Å²) in [5.41, 5.74) is 1.17. The number of ether oxygens (including phenoxy) is 2. The van der Waals surface area contributed by atoms with E-state index >= 15 is 0 Å². The van der Waals surface area contributed by atoms with Gasteiger partial charge in [-0.25, -0.2) is 4.90 Å². The number of nitrogens with zero attached hydrogens (tertiary/aromatic N) is 1. The number of rotatable bonds is 7. The minimum absolute atomic E-state index is 0.0831. The summed E-state index contributed by atoms with van der Waals surface area (Å²) < 4.78 is 11.1. The third-order valence-corrected chi connectivity index (χ3v) is 4.07. The number of benzene rings is 2. The van der Waals surface area contributed by atoms with Crippen molar-refractivity contribution in [3.8, 4) is 11.5 Å². The molecule has 0 saturated carbocycles. The number of carbonyl (C=O) groups excluding carboxylic acids is 2. The molecule has 136 valence electrons. The minimum Gasteiger partial charge on any atom is -0.492 e. The zero-order valence-electron chi connectivity index (χ0n) is 14.9. The number of nitrogens with one attached hydrogen (secondary N) is 1. The van der Waals surface area contributed by atoms with Crippen molar-refractivity contribution in [2.75, 3.05) is 23.4 Å². The summed E-state index contributed by atoms with van der Waals surface area (Å²) in [6.45, 7) is 4.73. The lowest BCUT2D eigenvalue weighted by molar-refractivity contribution is -0.121. The minimum atomic E-state index is -0.640. The summed E-state index contributed by atoms with van der Waals surface area (Å²) in [7, 11) is 0. The zero-order valence-corrected chi connectivity index (χ0v) is 14.9. The van der Waals surface area contributed by atoms with E-state index in [-0.39, 0.29) is 18.2 Å². The van der Waals surface area contributed by atoms with Gasteiger partial charge in [-0.1, -0.05) is 24.3 Å². The van der Waals surface area contributed by atoms with Gasteiger partial charge in [0.25, 0.3) is 5.91 Å². The van der Waals surface area contributed by atoms with E-state index < -0.39 is 6.04 Å². The van der Waals surface area contributed by atoms with Gasteiger partial charge in [-0.05, 0) is 38.1 Å². The topological polar surface area (TPSA) is 67.9 Å². The smallest absolute Gasteiger partial charge is 0.256 e. The fourth-order valence-corrected chi connectivity index (χ4v) is 2.97. The lowest BCUT2D eigenvalue weighted by Crippen LogP contribution is -2.35. The number of hydrogen-bond acceptors (Lipinski definition) is 5. The van der Waals surface area contributed by atoms with Gasteiger partial charge in [-0.2, -0.15) is 0 Å². The van der Waals surface area contributed by atoms with Gasteiger partial charge in [-0.15, -0.1) is 0 Å². The first-order valence-corrected chi connectivity index (χ1v) is 8.72. The van der Waals surface area contributed by atoms with Crippen LogP contribution in [0.1, 0.15) is 20.3 Å². The molecule has 1 aliphatic rings. The molecule has 1 saturated heterocycles. The van der Waals surface area contributed by atoms with E-state index in [1.807, 2.05) is 44.2 Å². The molecular weight excluding hydrogens is 332 g/mol. The van der Waals surface area contributed by atoms with Gasteiger partial charge in [-0.3, -0.25) is 9.59 Å². The van der Waals surface area contributed by atoms with Crippen LogP contribution in [0.15, 0.2) is 48.5 Å². The highest BCUT2D eigenvalue weighted by Gasteiger charge is 2.41. The number of hydrogen-bond donors (Lipinski definition) is 1. The molecule has 1 aliphatic heterocycles. The largest absolute Gasteiger partial charge is 0.492 e. The second kappa shape index (κ2) is 7.91. The van der Waals surface area contributed by atoms with Crippen molar-refractivity contribution in [3.05, 3.63) is 48.5 Å². The van der Waals surface area contributed by atoms with E-state index in [1.165, 1.54) is 4.90 Å². The van der Waals surface area contributed by atoms with E-state index in [2.05, 4.69) is 5.32 Å². The zero-order chi connectivity index (χ0) is 18.5. The maximum absolute atomic E-state index is 12.9. The predicted molar refractivity (Wildman–Crippen MR) is 99.7 cm³/mol. The molecule has 26 heavy (non-hydrogen) atoms. The Hall–Kier alpha value is -3.02. The summed E-state index contributed by atoms with van der Waals surface area (Å²) in [4.78, 5) is 26.6. The van der Waals surface area contributed by atoms with Crippen LogP contribution in [0.2, 0.25) is 0 Å². The number of imide groups is 1. The monoisotopic (exact) mass is 354 g/mol. The molecule has 0 spiro atoms. The maximum atomic E-state index is 12.9. The van der Waals surface area contributed by atoms with Crippen LogP contribution in [0.25, 0.3) is 0 Å². The van der Waals surface area contributed by atoms with Crippen LogP contribution in [-0.2, 0) is 9.59 Å². The summed E-state index contributed by atoms with van der Waals surface area (Å²) >= 11 is 0. The van der Waals surface area contributed by atoms with Gasteiger partial charge in [0.15, 0.2) is 0 Å². The molecule has 0 radical (unpaired) electrons. The molecule has 0 bridgehead atoms. The summed E-state index contributed by atoms with van der Waals surface area (Å²) in [5, 5.41) is 3.15. The SMILES string of the molecule is CCOc1ccccc1NC1CC(=O)N(c2ccccc2OCC)C1=O. The molecule has 1 unspecified atom stereocenters. The van der Waals surface area contributed by atoms with Crippen LogP contribution in [0.3, 0.4) is 0 Å². The van der Waals surface area contributed by atoms with Gasteiger partial charge in [0.1, 0.15) is 17.5 Å². The summed E-state index contributed by atoms with van der Waals surface area (Å²) in [6.07, 6.45) is 0.0831. The van der Waals surface area contributed by atoms with Crippen molar-refractivity contribution in [2.24, 2.45) is 0 Å². The average Bonchev–Trinajstić information content (AvgIpc) is 2.91. The molecule has 0 aliphatic carbocycles. The van der Waals surface area contributed by atoms with Gasteiger partial charge < -0.3 is 14.8 Å². The molecule has 0 aromatic heterocycles. The summed E-state index contributed by atoms with van der Waals surface area (Å²) in [5.74, 6) is 0.623. The second-order valence-corrected chi connectivity index (χ2v) is 5.80. The van der Waals surface area contributed by atoms with E-state index in [0.29, 0.717) is 36.1 Å². The molecule has 3 rings (SSSR count). The van der Waals surface area contributed by atoms with Gasteiger partial charge in [0, 0.05) is 0 Å². The van der Waals surface area contributed by atoms with E-state index in [4.69, 9.17) is 9.47 Å². The van der Waals surface area contributed by atoms with E-state index in [9.17, 15) is 9.59 Å². The Bertz CT molecular complexity index is 806. The first-order valence-electron chi connectivity index (χ1n) is 8.72. The number of anilines is 2. The Morgan fingerprint density at radius 2 is 1.58 bits per heavy atom. The van der Waals surface area contributed by atoms with Crippen LogP contribution in [-0.4, -0.2) is 31.1 Å². The van der Waals surface area contributed by atoms with Crippen molar-refractivity contribution in [1.29, 1.82) is 0 Å². The second-order valence-electron chi connectivity index (χ2n) is 5.80. The molecular formula is C20H22N2O4. The third-order valence-electron chi connectivity index (χ3n) is 4.07. The fourth-order valence-electron chi connectivity index (χ4n) is 2.97. The molecule has 2 amide bonds. The molecule has 6 heteroatoms.